The molecule has 0 unspecified atom stereocenters. The molecule has 2 rings (SSSR count). The number of rotatable bonds is 4. The lowest BCUT2D eigenvalue weighted by Crippen LogP contribution is -2.27. The van der Waals surface area contributed by atoms with Gasteiger partial charge in [0.25, 0.3) is 0 Å². The molecule has 0 bridgehead atoms. The van der Waals surface area contributed by atoms with E-state index in [4.69, 9.17) is 4.74 Å². The minimum absolute atomic E-state index is 0.426. The maximum absolute atomic E-state index is 11.7. The van der Waals surface area contributed by atoms with Crippen molar-refractivity contribution in [1.29, 1.82) is 0 Å². The standard InChI is InChI=1S/C19H23NO2/c1-19(2,3)22-18(21)20-17-13-11-16(12-14-17)10-9-15-7-5-4-6-8-15/h4-8,11-14H,9-10H2,1-3H3,(H,20,21). The van der Waals surface area contributed by atoms with Crippen LogP contribution in [-0.4, -0.2) is 11.7 Å². The zero-order chi connectivity index (χ0) is 16.0. The second kappa shape index (κ2) is 7.12. The van der Waals surface area contributed by atoms with Crippen molar-refractivity contribution in [2.75, 3.05) is 5.32 Å². The molecular formula is C19H23NO2. The molecule has 2 aromatic carbocycles. The maximum atomic E-state index is 11.7. The lowest BCUT2D eigenvalue weighted by molar-refractivity contribution is 0.0636. The van der Waals surface area contributed by atoms with Gasteiger partial charge in [-0.3, -0.25) is 5.32 Å². The van der Waals surface area contributed by atoms with E-state index in [9.17, 15) is 4.79 Å². The van der Waals surface area contributed by atoms with Crippen LogP contribution in [0.4, 0.5) is 10.5 Å². The highest BCUT2D eigenvalue weighted by molar-refractivity contribution is 5.84. The smallest absolute Gasteiger partial charge is 0.412 e. The molecule has 0 fully saturated rings. The highest BCUT2D eigenvalue weighted by Crippen LogP contribution is 2.14. The van der Waals surface area contributed by atoms with E-state index in [1.54, 1.807) is 0 Å². The maximum Gasteiger partial charge on any atom is 0.412 e. The first-order valence-corrected chi connectivity index (χ1v) is 7.55. The van der Waals surface area contributed by atoms with Crippen LogP contribution in [0.5, 0.6) is 0 Å². The molecule has 0 aliphatic carbocycles. The van der Waals surface area contributed by atoms with Gasteiger partial charge in [0.2, 0.25) is 0 Å². The minimum atomic E-state index is -0.486. The van der Waals surface area contributed by atoms with Gasteiger partial charge in [0.05, 0.1) is 0 Å². The van der Waals surface area contributed by atoms with E-state index in [0.29, 0.717) is 0 Å². The van der Waals surface area contributed by atoms with Gasteiger partial charge in [0, 0.05) is 5.69 Å². The largest absolute Gasteiger partial charge is 0.444 e. The summed E-state index contributed by atoms with van der Waals surface area (Å²) in [5.41, 5.74) is 2.84. The molecule has 0 radical (unpaired) electrons. The Morgan fingerprint density at radius 2 is 1.45 bits per heavy atom. The van der Waals surface area contributed by atoms with Gasteiger partial charge >= 0.3 is 6.09 Å². The molecule has 1 amide bonds. The predicted molar refractivity (Wildman–Crippen MR) is 90.1 cm³/mol. The van der Waals surface area contributed by atoms with E-state index in [2.05, 4.69) is 29.6 Å². The number of carbonyl (C=O) groups is 1. The van der Waals surface area contributed by atoms with Crippen molar-refractivity contribution in [1.82, 2.24) is 0 Å². The van der Waals surface area contributed by atoms with Crippen LogP contribution < -0.4 is 5.32 Å². The van der Waals surface area contributed by atoms with Crippen LogP contribution in [0.25, 0.3) is 0 Å². The van der Waals surface area contributed by atoms with Crippen molar-refractivity contribution in [2.45, 2.75) is 39.2 Å². The molecule has 1 N–H and O–H groups in total. The van der Waals surface area contributed by atoms with E-state index in [1.165, 1.54) is 11.1 Å². The number of aryl methyl sites for hydroxylation is 2. The summed E-state index contributed by atoms with van der Waals surface area (Å²) in [6.45, 7) is 5.54. The summed E-state index contributed by atoms with van der Waals surface area (Å²) in [5, 5.41) is 2.74. The van der Waals surface area contributed by atoms with Crippen molar-refractivity contribution in [3.05, 3.63) is 65.7 Å². The van der Waals surface area contributed by atoms with E-state index < -0.39 is 11.7 Å². The van der Waals surface area contributed by atoms with Crippen LogP contribution in [0.15, 0.2) is 54.6 Å². The highest BCUT2D eigenvalue weighted by atomic mass is 16.6. The highest BCUT2D eigenvalue weighted by Gasteiger charge is 2.15. The second-order valence-electron chi connectivity index (χ2n) is 6.31. The van der Waals surface area contributed by atoms with Gasteiger partial charge in [-0.15, -0.1) is 0 Å². The fourth-order valence-corrected chi connectivity index (χ4v) is 2.11. The Labute approximate surface area is 132 Å². The van der Waals surface area contributed by atoms with E-state index in [-0.39, 0.29) is 0 Å². The lowest BCUT2D eigenvalue weighted by atomic mass is 10.0. The summed E-state index contributed by atoms with van der Waals surface area (Å²) in [5.74, 6) is 0. The number of amides is 1. The van der Waals surface area contributed by atoms with Crippen molar-refractivity contribution < 1.29 is 9.53 Å². The Hall–Kier alpha value is -2.29. The molecule has 0 spiro atoms. The molecule has 22 heavy (non-hydrogen) atoms. The Morgan fingerprint density at radius 3 is 2.00 bits per heavy atom. The van der Waals surface area contributed by atoms with Gasteiger partial charge in [-0.1, -0.05) is 42.5 Å². The summed E-state index contributed by atoms with van der Waals surface area (Å²) in [6, 6.07) is 18.3. The third kappa shape index (κ3) is 5.60. The Balaban J connectivity index is 1.86. The summed E-state index contributed by atoms with van der Waals surface area (Å²) < 4.78 is 5.23. The average molecular weight is 297 g/mol. The second-order valence-corrected chi connectivity index (χ2v) is 6.31. The van der Waals surface area contributed by atoms with Crippen LogP contribution in [0.3, 0.4) is 0 Å². The van der Waals surface area contributed by atoms with Gasteiger partial charge in [0.1, 0.15) is 5.60 Å². The van der Waals surface area contributed by atoms with Crippen LogP contribution >= 0.6 is 0 Å². The number of benzene rings is 2. The first kappa shape index (κ1) is 16.1. The molecule has 0 aromatic heterocycles. The third-order valence-electron chi connectivity index (χ3n) is 3.14. The summed E-state index contributed by atoms with van der Waals surface area (Å²) in [7, 11) is 0. The molecule has 0 saturated carbocycles. The number of carbonyl (C=O) groups excluding carboxylic acids is 1. The first-order valence-electron chi connectivity index (χ1n) is 7.55. The normalized spacial score (nSPS) is 11.0. The van der Waals surface area contributed by atoms with Crippen molar-refractivity contribution in [3.63, 3.8) is 0 Å². The molecule has 3 nitrogen and oxygen atoms in total. The first-order chi connectivity index (χ1) is 10.4. The Kier molecular flexibility index (Phi) is 5.21. The average Bonchev–Trinajstić information content (AvgIpc) is 2.45. The summed E-state index contributed by atoms with van der Waals surface area (Å²) in [6.07, 6.45) is 1.57. The van der Waals surface area contributed by atoms with Crippen LogP contribution in [-0.2, 0) is 17.6 Å². The quantitative estimate of drug-likeness (QED) is 0.878. The zero-order valence-electron chi connectivity index (χ0n) is 13.4. The van der Waals surface area contributed by atoms with Gasteiger partial charge in [0.15, 0.2) is 0 Å². The number of nitrogens with one attached hydrogen (secondary N) is 1. The summed E-state index contributed by atoms with van der Waals surface area (Å²) >= 11 is 0. The minimum Gasteiger partial charge on any atom is -0.444 e. The van der Waals surface area contributed by atoms with Crippen LogP contribution in [0.2, 0.25) is 0 Å². The monoisotopic (exact) mass is 297 g/mol. The van der Waals surface area contributed by atoms with E-state index in [0.717, 1.165) is 18.5 Å². The molecule has 116 valence electrons. The van der Waals surface area contributed by atoms with Crippen LogP contribution in [0, 0.1) is 0 Å². The molecule has 3 heteroatoms. The third-order valence-corrected chi connectivity index (χ3v) is 3.14. The molecule has 0 aliphatic rings. The molecule has 0 heterocycles. The fourth-order valence-electron chi connectivity index (χ4n) is 2.11. The van der Waals surface area contributed by atoms with Crippen molar-refractivity contribution >= 4 is 11.8 Å². The zero-order valence-corrected chi connectivity index (χ0v) is 13.4. The van der Waals surface area contributed by atoms with E-state index in [1.807, 2.05) is 51.1 Å². The molecule has 0 aliphatic heterocycles. The number of hydrogen-bond donors (Lipinski definition) is 1. The lowest BCUT2D eigenvalue weighted by Gasteiger charge is -2.19. The van der Waals surface area contributed by atoms with Gasteiger partial charge in [-0.05, 0) is 56.9 Å². The predicted octanol–water partition coefficient (Wildman–Crippen LogP) is 4.82. The number of anilines is 1. The number of hydrogen-bond acceptors (Lipinski definition) is 2. The topological polar surface area (TPSA) is 38.3 Å². The fraction of sp³-hybridized carbons (Fsp3) is 0.316. The van der Waals surface area contributed by atoms with Crippen LogP contribution in [0.1, 0.15) is 31.9 Å². The van der Waals surface area contributed by atoms with Gasteiger partial charge < -0.3 is 4.74 Å². The molecule has 0 atom stereocenters. The summed E-state index contributed by atoms with van der Waals surface area (Å²) in [4.78, 5) is 11.7. The van der Waals surface area contributed by atoms with Crippen molar-refractivity contribution in [2.24, 2.45) is 0 Å². The van der Waals surface area contributed by atoms with Gasteiger partial charge in [-0.2, -0.15) is 0 Å². The Bertz CT molecular complexity index is 598. The van der Waals surface area contributed by atoms with E-state index >= 15 is 0 Å². The van der Waals surface area contributed by atoms with Gasteiger partial charge in [-0.25, -0.2) is 4.79 Å². The number of ether oxygens (including phenoxy) is 1. The molecule has 0 saturated heterocycles. The van der Waals surface area contributed by atoms with Crippen molar-refractivity contribution in [3.8, 4) is 0 Å². The molecular weight excluding hydrogens is 274 g/mol. The Morgan fingerprint density at radius 1 is 0.909 bits per heavy atom. The SMILES string of the molecule is CC(C)(C)OC(=O)Nc1ccc(CCc2ccccc2)cc1. The molecule has 2 aromatic rings.